The highest BCUT2D eigenvalue weighted by Crippen LogP contribution is 2.24. The summed E-state index contributed by atoms with van der Waals surface area (Å²) in [7, 11) is 0. The zero-order valence-electron chi connectivity index (χ0n) is 12.4. The normalized spacial score (nSPS) is 11.2. The summed E-state index contributed by atoms with van der Waals surface area (Å²) in [5, 5.41) is 3.69. The Balaban J connectivity index is 1.94. The molecule has 0 aromatic heterocycles. The van der Waals surface area contributed by atoms with Crippen molar-refractivity contribution in [2.75, 3.05) is 6.54 Å². The van der Waals surface area contributed by atoms with E-state index in [1.165, 1.54) is 5.56 Å². The van der Waals surface area contributed by atoms with E-state index in [4.69, 9.17) is 11.6 Å². The molecule has 2 aromatic carbocycles. The highest BCUT2D eigenvalue weighted by Gasteiger charge is 2.29. The lowest BCUT2D eigenvalue weighted by Gasteiger charge is -2.24. The van der Waals surface area contributed by atoms with Crippen molar-refractivity contribution in [3.8, 4) is 0 Å². The summed E-state index contributed by atoms with van der Waals surface area (Å²) in [5.74, 6) is 0.0285. The van der Waals surface area contributed by atoms with Crippen molar-refractivity contribution in [2.24, 2.45) is 0 Å². The lowest BCUT2D eigenvalue weighted by Crippen LogP contribution is -2.40. The predicted molar refractivity (Wildman–Crippen MR) is 87.6 cm³/mol. The average molecular weight is 302 g/mol. The van der Waals surface area contributed by atoms with Crippen molar-refractivity contribution in [1.29, 1.82) is 0 Å². The van der Waals surface area contributed by atoms with Gasteiger partial charge in [0, 0.05) is 11.6 Å². The fourth-order valence-electron chi connectivity index (χ4n) is 2.18. The molecule has 2 nitrogen and oxygen atoms in total. The van der Waals surface area contributed by atoms with Crippen LogP contribution in [0, 0.1) is 0 Å². The molecule has 0 spiro atoms. The third-order valence-electron chi connectivity index (χ3n) is 3.68. The van der Waals surface area contributed by atoms with Crippen molar-refractivity contribution in [2.45, 2.75) is 25.7 Å². The van der Waals surface area contributed by atoms with Crippen LogP contribution in [0.5, 0.6) is 0 Å². The van der Waals surface area contributed by atoms with Gasteiger partial charge in [0.1, 0.15) is 0 Å². The van der Waals surface area contributed by atoms with Crippen molar-refractivity contribution in [3.63, 3.8) is 0 Å². The van der Waals surface area contributed by atoms with Gasteiger partial charge in [-0.2, -0.15) is 0 Å². The molecule has 2 rings (SSSR count). The van der Waals surface area contributed by atoms with Gasteiger partial charge < -0.3 is 5.32 Å². The van der Waals surface area contributed by atoms with E-state index in [1.807, 2.05) is 56.3 Å². The van der Waals surface area contributed by atoms with Crippen LogP contribution < -0.4 is 5.32 Å². The van der Waals surface area contributed by atoms with Crippen LogP contribution in [0.1, 0.15) is 25.0 Å². The molecule has 110 valence electrons. The van der Waals surface area contributed by atoms with Crippen LogP contribution in [0.25, 0.3) is 0 Å². The molecular weight excluding hydrogens is 282 g/mol. The third-order valence-corrected chi connectivity index (χ3v) is 3.93. The van der Waals surface area contributed by atoms with E-state index in [0.717, 1.165) is 12.0 Å². The Morgan fingerprint density at radius 2 is 1.67 bits per heavy atom. The van der Waals surface area contributed by atoms with Crippen molar-refractivity contribution in [1.82, 2.24) is 5.32 Å². The van der Waals surface area contributed by atoms with Crippen LogP contribution in [-0.2, 0) is 16.6 Å². The van der Waals surface area contributed by atoms with Crippen molar-refractivity contribution in [3.05, 3.63) is 70.7 Å². The Labute approximate surface area is 131 Å². The molecule has 0 saturated heterocycles. The molecule has 0 aliphatic rings. The second kappa shape index (κ2) is 6.77. The molecule has 2 aromatic rings. The maximum Gasteiger partial charge on any atom is 0.230 e. The molecule has 0 heterocycles. The molecule has 0 saturated carbocycles. The minimum absolute atomic E-state index is 0.0285. The zero-order chi connectivity index (χ0) is 15.3. The summed E-state index contributed by atoms with van der Waals surface area (Å²) in [6.07, 6.45) is 0.837. The first-order valence-electron chi connectivity index (χ1n) is 7.08. The highest BCUT2D eigenvalue weighted by molar-refractivity contribution is 6.30. The molecule has 0 aliphatic carbocycles. The summed E-state index contributed by atoms with van der Waals surface area (Å²) < 4.78 is 0. The minimum atomic E-state index is -0.568. The molecule has 0 radical (unpaired) electrons. The summed E-state index contributed by atoms with van der Waals surface area (Å²) in [4.78, 5) is 12.4. The van der Waals surface area contributed by atoms with E-state index in [2.05, 4.69) is 17.4 Å². The molecule has 21 heavy (non-hydrogen) atoms. The van der Waals surface area contributed by atoms with Crippen LogP contribution >= 0.6 is 11.6 Å². The number of hydrogen-bond donors (Lipinski definition) is 1. The third kappa shape index (κ3) is 4.08. The standard InChI is InChI=1S/C18H20ClNO/c1-18(2,15-8-10-16(19)11-9-15)17(21)20-13-12-14-6-4-3-5-7-14/h3-11H,12-13H2,1-2H3,(H,20,21). The molecule has 1 N–H and O–H groups in total. The van der Waals surface area contributed by atoms with Gasteiger partial charge in [-0.25, -0.2) is 0 Å². The number of hydrogen-bond acceptors (Lipinski definition) is 1. The highest BCUT2D eigenvalue weighted by atomic mass is 35.5. The van der Waals surface area contributed by atoms with Gasteiger partial charge in [-0.3, -0.25) is 4.79 Å². The van der Waals surface area contributed by atoms with Gasteiger partial charge >= 0.3 is 0 Å². The van der Waals surface area contributed by atoms with Crippen molar-refractivity contribution < 1.29 is 4.79 Å². The van der Waals surface area contributed by atoms with Gasteiger partial charge in [-0.15, -0.1) is 0 Å². The first-order chi connectivity index (χ1) is 10.00. The maximum absolute atomic E-state index is 12.4. The molecule has 3 heteroatoms. The van der Waals surface area contributed by atoms with E-state index in [1.54, 1.807) is 0 Å². The first-order valence-corrected chi connectivity index (χ1v) is 7.46. The van der Waals surface area contributed by atoms with Crippen LogP contribution in [0.15, 0.2) is 54.6 Å². The number of halogens is 1. The Morgan fingerprint density at radius 1 is 1.05 bits per heavy atom. The van der Waals surface area contributed by atoms with Crippen LogP contribution in [-0.4, -0.2) is 12.5 Å². The lowest BCUT2D eigenvalue weighted by atomic mass is 9.83. The van der Waals surface area contributed by atoms with Gasteiger partial charge in [0.2, 0.25) is 5.91 Å². The van der Waals surface area contributed by atoms with E-state index < -0.39 is 5.41 Å². The summed E-state index contributed by atoms with van der Waals surface area (Å²) >= 11 is 5.89. The molecule has 0 atom stereocenters. The SMILES string of the molecule is CC(C)(C(=O)NCCc1ccccc1)c1ccc(Cl)cc1. The largest absolute Gasteiger partial charge is 0.355 e. The number of rotatable bonds is 5. The Morgan fingerprint density at radius 3 is 2.29 bits per heavy atom. The van der Waals surface area contributed by atoms with Crippen LogP contribution in [0.3, 0.4) is 0 Å². The molecule has 0 aliphatic heterocycles. The molecule has 0 fully saturated rings. The number of carbonyl (C=O) groups is 1. The predicted octanol–water partition coefficient (Wildman–Crippen LogP) is 3.98. The van der Waals surface area contributed by atoms with Gasteiger partial charge in [0.25, 0.3) is 0 Å². The molecule has 0 bridgehead atoms. The van der Waals surface area contributed by atoms with E-state index in [-0.39, 0.29) is 5.91 Å². The fraction of sp³-hybridized carbons (Fsp3) is 0.278. The average Bonchev–Trinajstić information content (AvgIpc) is 2.48. The summed E-state index contributed by atoms with van der Waals surface area (Å²) in [5.41, 5.74) is 1.62. The van der Waals surface area contributed by atoms with Gasteiger partial charge in [0.05, 0.1) is 5.41 Å². The second-order valence-corrected chi connectivity index (χ2v) is 6.06. The van der Waals surface area contributed by atoms with Gasteiger partial charge in [-0.05, 0) is 43.5 Å². The maximum atomic E-state index is 12.4. The zero-order valence-corrected chi connectivity index (χ0v) is 13.2. The van der Waals surface area contributed by atoms with Gasteiger partial charge in [-0.1, -0.05) is 54.1 Å². The lowest BCUT2D eigenvalue weighted by molar-refractivity contribution is -0.125. The fourth-order valence-corrected chi connectivity index (χ4v) is 2.31. The number of carbonyl (C=O) groups excluding carboxylic acids is 1. The monoisotopic (exact) mass is 301 g/mol. The first kappa shape index (κ1) is 15.6. The minimum Gasteiger partial charge on any atom is -0.355 e. The van der Waals surface area contributed by atoms with Crippen LogP contribution in [0.2, 0.25) is 5.02 Å². The quantitative estimate of drug-likeness (QED) is 0.889. The molecule has 0 unspecified atom stereocenters. The van der Waals surface area contributed by atoms with E-state index in [0.29, 0.717) is 11.6 Å². The van der Waals surface area contributed by atoms with Crippen molar-refractivity contribution >= 4 is 17.5 Å². The Hall–Kier alpha value is -1.80. The summed E-state index contributed by atoms with van der Waals surface area (Å²) in [6, 6.07) is 17.6. The number of nitrogens with one attached hydrogen (secondary N) is 1. The van der Waals surface area contributed by atoms with E-state index >= 15 is 0 Å². The smallest absolute Gasteiger partial charge is 0.230 e. The Bertz CT molecular complexity index is 590. The van der Waals surface area contributed by atoms with E-state index in [9.17, 15) is 4.79 Å². The van der Waals surface area contributed by atoms with Crippen LogP contribution in [0.4, 0.5) is 0 Å². The number of benzene rings is 2. The molecule has 1 amide bonds. The number of amides is 1. The Kier molecular flexibility index (Phi) is 5.03. The topological polar surface area (TPSA) is 29.1 Å². The molecular formula is C18H20ClNO. The second-order valence-electron chi connectivity index (χ2n) is 5.62. The van der Waals surface area contributed by atoms with Gasteiger partial charge in [0.15, 0.2) is 0 Å². The summed E-state index contributed by atoms with van der Waals surface area (Å²) in [6.45, 7) is 4.49.